The van der Waals surface area contributed by atoms with Gasteiger partial charge in [-0.2, -0.15) is 0 Å². The molecule has 1 fully saturated rings. The monoisotopic (exact) mass is 359 g/mol. The van der Waals surface area contributed by atoms with Gasteiger partial charge in [0, 0.05) is 25.1 Å². The molecule has 0 atom stereocenters. The summed E-state index contributed by atoms with van der Waals surface area (Å²) in [7, 11) is 1.53. The molecule has 2 N–H and O–H groups in total. The predicted molar refractivity (Wildman–Crippen MR) is 99.9 cm³/mol. The van der Waals surface area contributed by atoms with Gasteiger partial charge in [-0.05, 0) is 42.7 Å². The topological polar surface area (TPSA) is 58.8 Å². The van der Waals surface area contributed by atoms with Gasteiger partial charge in [0.05, 0.1) is 19.9 Å². The van der Waals surface area contributed by atoms with E-state index in [-0.39, 0.29) is 5.82 Å². The first-order valence-corrected chi connectivity index (χ1v) is 9.13. The first kappa shape index (κ1) is 18.3. The highest BCUT2D eigenvalue weighted by Crippen LogP contribution is 2.18. The predicted octanol–water partition coefficient (Wildman–Crippen LogP) is 3.65. The number of guanidine groups is 1. The van der Waals surface area contributed by atoms with Crippen molar-refractivity contribution in [2.24, 2.45) is 4.99 Å². The van der Waals surface area contributed by atoms with E-state index in [0.717, 1.165) is 43.1 Å². The van der Waals surface area contributed by atoms with Crippen LogP contribution < -0.4 is 15.4 Å². The van der Waals surface area contributed by atoms with Crippen LogP contribution in [0.15, 0.2) is 46.0 Å². The van der Waals surface area contributed by atoms with Crippen molar-refractivity contribution in [3.05, 3.63) is 53.7 Å². The van der Waals surface area contributed by atoms with Gasteiger partial charge in [-0.15, -0.1) is 0 Å². The van der Waals surface area contributed by atoms with Crippen molar-refractivity contribution in [3.63, 3.8) is 0 Å². The average Bonchev–Trinajstić information content (AvgIpc) is 3.33. The summed E-state index contributed by atoms with van der Waals surface area (Å²) in [6.45, 7) is 1.11. The molecule has 1 saturated carbocycles. The number of nitrogens with zero attached hydrogens (tertiary/aromatic N) is 1. The summed E-state index contributed by atoms with van der Waals surface area (Å²) in [5.74, 6) is 1.89. The van der Waals surface area contributed by atoms with Crippen LogP contribution in [-0.4, -0.2) is 25.7 Å². The number of furan rings is 1. The Hall–Kier alpha value is -2.50. The summed E-state index contributed by atoms with van der Waals surface area (Å²) in [6, 6.07) is 8.96. The van der Waals surface area contributed by atoms with Crippen molar-refractivity contribution in [2.75, 3.05) is 13.7 Å². The van der Waals surface area contributed by atoms with Crippen molar-refractivity contribution in [1.82, 2.24) is 10.6 Å². The maximum Gasteiger partial charge on any atom is 0.191 e. The molecule has 1 aromatic carbocycles. The molecule has 0 amide bonds. The van der Waals surface area contributed by atoms with Crippen LogP contribution in [0.1, 0.15) is 37.0 Å². The molecule has 5 nitrogen and oxygen atoms in total. The second-order valence-electron chi connectivity index (χ2n) is 6.55. The minimum atomic E-state index is -0.314. The van der Waals surface area contributed by atoms with Gasteiger partial charge in [0.2, 0.25) is 0 Å². The molecule has 0 saturated heterocycles. The SMILES string of the molecule is COc1cc(F)cc(CN=C(NCCc2ccco2)NC2CCCC2)c1. The van der Waals surface area contributed by atoms with E-state index >= 15 is 0 Å². The number of ether oxygens (including phenoxy) is 1. The van der Waals surface area contributed by atoms with Gasteiger partial charge in [-0.25, -0.2) is 9.38 Å². The first-order chi connectivity index (χ1) is 12.7. The van der Waals surface area contributed by atoms with Gasteiger partial charge in [-0.3, -0.25) is 0 Å². The quantitative estimate of drug-likeness (QED) is 0.585. The summed E-state index contributed by atoms with van der Waals surface area (Å²) in [4.78, 5) is 4.63. The van der Waals surface area contributed by atoms with Crippen molar-refractivity contribution in [2.45, 2.75) is 44.7 Å². The third-order valence-corrected chi connectivity index (χ3v) is 4.53. The second-order valence-corrected chi connectivity index (χ2v) is 6.55. The Morgan fingerprint density at radius 2 is 2.15 bits per heavy atom. The van der Waals surface area contributed by atoms with Crippen LogP contribution in [0.25, 0.3) is 0 Å². The Bertz CT molecular complexity index is 710. The van der Waals surface area contributed by atoms with Crippen molar-refractivity contribution >= 4 is 5.96 Å². The van der Waals surface area contributed by atoms with Gasteiger partial charge in [0.15, 0.2) is 5.96 Å². The molecule has 140 valence electrons. The molecule has 26 heavy (non-hydrogen) atoms. The van der Waals surface area contributed by atoms with Crippen LogP contribution in [0.4, 0.5) is 4.39 Å². The number of methoxy groups -OCH3 is 1. The van der Waals surface area contributed by atoms with E-state index in [9.17, 15) is 4.39 Å². The largest absolute Gasteiger partial charge is 0.497 e. The number of hydrogen-bond acceptors (Lipinski definition) is 3. The number of benzene rings is 1. The van der Waals surface area contributed by atoms with Crippen molar-refractivity contribution in [1.29, 1.82) is 0 Å². The Morgan fingerprint density at radius 3 is 2.88 bits per heavy atom. The summed E-state index contributed by atoms with van der Waals surface area (Å²) in [5.41, 5.74) is 0.778. The van der Waals surface area contributed by atoms with Gasteiger partial charge in [0.1, 0.15) is 17.3 Å². The number of rotatable bonds is 7. The van der Waals surface area contributed by atoms with Gasteiger partial charge >= 0.3 is 0 Å². The second kappa shape index (κ2) is 9.27. The van der Waals surface area contributed by atoms with E-state index in [1.54, 1.807) is 6.26 Å². The molecule has 1 aliphatic carbocycles. The molecular formula is C20H26FN3O2. The molecule has 0 bridgehead atoms. The molecule has 0 unspecified atom stereocenters. The zero-order chi connectivity index (χ0) is 18.2. The van der Waals surface area contributed by atoms with E-state index in [0.29, 0.717) is 18.3 Å². The molecular weight excluding hydrogens is 333 g/mol. The molecule has 6 heteroatoms. The smallest absolute Gasteiger partial charge is 0.191 e. The lowest BCUT2D eigenvalue weighted by molar-refractivity contribution is 0.410. The van der Waals surface area contributed by atoms with Gasteiger partial charge < -0.3 is 19.8 Å². The third kappa shape index (κ3) is 5.51. The molecule has 3 rings (SSSR count). The van der Waals surface area contributed by atoms with Gasteiger partial charge in [0.25, 0.3) is 0 Å². The van der Waals surface area contributed by atoms with Crippen LogP contribution in [0, 0.1) is 5.82 Å². The maximum absolute atomic E-state index is 13.7. The molecule has 0 aliphatic heterocycles. The van der Waals surface area contributed by atoms with Crippen LogP contribution in [-0.2, 0) is 13.0 Å². The minimum absolute atomic E-state index is 0.314. The zero-order valence-electron chi connectivity index (χ0n) is 15.1. The highest BCUT2D eigenvalue weighted by atomic mass is 19.1. The summed E-state index contributed by atoms with van der Waals surface area (Å²) in [5, 5.41) is 6.85. The standard InChI is InChI=1S/C20H26FN3O2/c1-25-19-12-15(11-16(21)13-19)14-23-20(24-17-5-2-3-6-17)22-9-8-18-7-4-10-26-18/h4,7,10-13,17H,2-3,5-6,8-9,14H2,1H3,(H2,22,23,24). The first-order valence-electron chi connectivity index (χ1n) is 9.13. The lowest BCUT2D eigenvalue weighted by Crippen LogP contribution is -2.43. The van der Waals surface area contributed by atoms with Crippen LogP contribution in [0.5, 0.6) is 5.75 Å². The van der Waals surface area contributed by atoms with E-state index in [2.05, 4.69) is 15.6 Å². The number of halogens is 1. The van der Waals surface area contributed by atoms with E-state index in [1.807, 2.05) is 18.2 Å². The van der Waals surface area contributed by atoms with Gasteiger partial charge in [-0.1, -0.05) is 12.8 Å². The van der Waals surface area contributed by atoms with Crippen LogP contribution in [0.3, 0.4) is 0 Å². The lowest BCUT2D eigenvalue weighted by atomic mass is 10.2. The Morgan fingerprint density at radius 1 is 1.31 bits per heavy atom. The molecule has 2 aromatic rings. The highest BCUT2D eigenvalue weighted by Gasteiger charge is 2.16. The Balaban J connectivity index is 1.62. The summed E-state index contributed by atoms with van der Waals surface area (Å²) in [6.07, 6.45) is 7.28. The summed E-state index contributed by atoms with van der Waals surface area (Å²) < 4.78 is 24.1. The fourth-order valence-corrected chi connectivity index (χ4v) is 3.18. The van der Waals surface area contributed by atoms with E-state index in [4.69, 9.17) is 9.15 Å². The Labute approximate surface area is 153 Å². The fourth-order valence-electron chi connectivity index (χ4n) is 3.18. The molecule has 0 radical (unpaired) electrons. The fraction of sp³-hybridized carbons (Fsp3) is 0.450. The highest BCUT2D eigenvalue weighted by molar-refractivity contribution is 5.80. The maximum atomic E-state index is 13.7. The number of aliphatic imine (C=N–C) groups is 1. The zero-order valence-corrected chi connectivity index (χ0v) is 15.1. The number of nitrogens with one attached hydrogen (secondary N) is 2. The molecule has 1 aliphatic rings. The number of hydrogen-bond donors (Lipinski definition) is 2. The molecule has 0 spiro atoms. The van der Waals surface area contributed by atoms with E-state index < -0.39 is 0 Å². The average molecular weight is 359 g/mol. The third-order valence-electron chi connectivity index (χ3n) is 4.53. The minimum Gasteiger partial charge on any atom is -0.497 e. The van der Waals surface area contributed by atoms with Crippen molar-refractivity contribution < 1.29 is 13.5 Å². The molecule has 1 aromatic heterocycles. The normalized spacial score (nSPS) is 15.2. The van der Waals surface area contributed by atoms with Crippen LogP contribution in [0.2, 0.25) is 0 Å². The van der Waals surface area contributed by atoms with Crippen molar-refractivity contribution in [3.8, 4) is 5.75 Å². The van der Waals surface area contributed by atoms with E-state index in [1.165, 1.54) is 32.1 Å². The lowest BCUT2D eigenvalue weighted by Gasteiger charge is -2.17. The van der Waals surface area contributed by atoms with Crippen LogP contribution >= 0.6 is 0 Å². The summed E-state index contributed by atoms with van der Waals surface area (Å²) >= 11 is 0. The Kier molecular flexibility index (Phi) is 6.52. The molecule has 1 heterocycles.